The van der Waals surface area contributed by atoms with Gasteiger partial charge in [-0.25, -0.2) is 0 Å². The molecule has 3 rings (SSSR count). The van der Waals surface area contributed by atoms with E-state index >= 15 is 0 Å². The second-order valence-corrected chi connectivity index (χ2v) is 5.68. The lowest BCUT2D eigenvalue weighted by Crippen LogP contribution is -2.30. The van der Waals surface area contributed by atoms with Crippen molar-refractivity contribution in [3.8, 4) is 23.1 Å². The molecule has 24 heavy (non-hydrogen) atoms. The van der Waals surface area contributed by atoms with Crippen molar-refractivity contribution in [1.29, 1.82) is 5.26 Å². The van der Waals surface area contributed by atoms with E-state index in [1.54, 1.807) is 6.07 Å². The molecule has 0 bridgehead atoms. The van der Waals surface area contributed by atoms with Crippen LogP contribution >= 0.6 is 0 Å². The van der Waals surface area contributed by atoms with Crippen LogP contribution in [0.2, 0.25) is 0 Å². The fraction of sp³-hybridized carbons (Fsp3) is 0.353. The van der Waals surface area contributed by atoms with Gasteiger partial charge < -0.3 is 14.6 Å². The SMILES string of the molecule is N#Cc1cc(-c2ccc(OC(F)(F)F)cc2)[nH]c1N1CCCCC1. The first-order valence-electron chi connectivity index (χ1n) is 7.70. The summed E-state index contributed by atoms with van der Waals surface area (Å²) in [7, 11) is 0. The fourth-order valence-electron chi connectivity index (χ4n) is 2.89. The number of H-pyrrole nitrogens is 1. The van der Waals surface area contributed by atoms with E-state index < -0.39 is 6.36 Å². The Morgan fingerprint density at radius 2 is 1.75 bits per heavy atom. The highest BCUT2D eigenvalue weighted by atomic mass is 19.4. The Morgan fingerprint density at radius 3 is 2.33 bits per heavy atom. The third-order valence-electron chi connectivity index (χ3n) is 3.99. The molecule has 0 radical (unpaired) electrons. The molecule has 0 aliphatic carbocycles. The summed E-state index contributed by atoms with van der Waals surface area (Å²) in [4.78, 5) is 5.37. The molecule has 4 nitrogen and oxygen atoms in total. The van der Waals surface area contributed by atoms with Gasteiger partial charge in [-0.2, -0.15) is 5.26 Å². The van der Waals surface area contributed by atoms with Gasteiger partial charge in [-0.05, 0) is 55.2 Å². The molecule has 1 aliphatic rings. The maximum Gasteiger partial charge on any atom is 0.573 e. The zero-order valence-corrected chi connectivity index (χ0v) is 12.9. The third kappa shape index (κ3) is 3.65. The predicted octanol–water partition coefficient (Wildman–Crippen LogP) is 4.44. The van der Waals surface area contributed by atoms with E-state index in [-0.39, 0.29) is 5.75 Å². The number of halogens is 3. The van der Waals surface area contributed by atoms with Gasteiger partial charge in [0.2, 0.25) is 0 Å². The van der Waals surface area contributed by atoms with Gasteiger partial charge in [-0.3, -0.25) is 0 Å². The van der Waals surface area contributed by atoms with Gasteiger partial charge in [0.1, 0.15) is 17.6 Å². The Bertz CT molecular complexity index is 738. The first-order chi connectivity index (χ1) is 11.5. The lowest BCUT2D eigenvalue weighted by atomic mass is 10.1. The normalized spacial score (nSPS) is 15.2. The van der Waals surface area contributed by atoms with Gasteiger partial charge in [0, 0.05) is 18.8 Å². The van der Waals surface area contributed by atoms with Crippen molar-refractivity contribution in [2.24, 2.45) is 0 Å². The summed E-state index contributed by atoms with van der Waals surface area (Å²) in [5, 5.41) is 9.34. The van der Waals surface area contributed by atoms with Crippen molar-refractivity contribution in [1.82, 2.24) is 4.98 Å². The number of anilines is 1. The maximum atomic E-state index is 12.2. The van der Waals surface area contributed by atoms with E-state index in [2.05, 4.69) is 20.7 Å². The molecule has 0 unspecified atom stereocenters. The first kappa shape index (κ1) is 16.2. The molecule has 7 heteroatoms. The van der Waals surface area contributed by atoms with E-state index in [0.717, 1.165) is 31.7 Å². The molecule has 126 valence electrons. The number of benzene rings is 1. The molecule has 1 N–H and O–H groups in total. The summed E-state index contributed by atoms with van der Waals surface area (Å²) in [6.45, 7) is 1.79. The Balaban J connectivity index is 1.84. The molecule has 1 aromatic carbocycles. The van der Waals surface area contributed by atoms with Crippen molar-refractivity contribution >= 4 is 5.82 Å². The summed E-state index contributed by atoms with van der Waals surface area (Å²) in [5.41, 5.74) is 1.94. The average molecular weight is 335 g/mol. The maximum absolute atomic E-state index is 12.2. The van der Waals surface area contributed by atoms with Crippen molar-refractivity contribution in [2.45, 2.75) is 25.6 Å². The smallest absolute Gasteiger partial charge is 0.406 e. The summed E-state index contributed by atoms with van der Waals surface area (Å²) >= 11 is 0. The van der Waals surface area contributed by atoms with Crippen LogP contribution in [0.3, 0.4) is 0 Å². The standard InChI is InChI=1S/C17H16F3N3O/c18-17(19,20)24-14-6-4-12(5-7-14)15-10-13(11-21)16(22-15)23-8-2-1-3-9-23/h4-7,10,22H,1-3,8-9H2. The van der Waals surface area contributed by atoms with Crippen LogP contribution in [0.1, 0.15) is 24.8 Å². The van der Waals surface area contributed by atoms with Gasteiger partial charge in [-0.1, -0.05) is 0 Å². The van der Waals surface area contributed by atoms with Crippen molar-refractivity contribution in [3.63, 3.8) is 0 Å². The minimum Gasteiger partial charge on any atom is -0.406 e. The highest BCUT2D eigenvalue weighted by molar-refractivity contribution is 5.69. The monoisotopic (exact) mass is 335 g/mol. The molecule has 2 heterocycles. The number of nitrogens with zero attached hydrogens (tertiary/aromatic N) is 2. The van der Waals surface area contributed by atoms with Crippen LogP contribution in [-0.2, 0) is 0 Å². The molecule has 1 aromatic heterocycles. The molecule has 1 fully saturated rings. The van der Waals surface area contributed by atoms with E-state index in [0.29, 0.717) is 16.8 Å². The minimum atomic E-state index is -4.71. The quantitative estimate of drug-likeness (QED) is 0.902. The molecule has 1 saturated heterocycles. The summed E-state index contributed by atoms with van der Waals surface area (Å²) < 4.78 is 40.5. The summed E-state index contributed by atoms with van der Waals surface area (Å²) in [5.74, 6) is 0.511. The van der Waals surface area contributed by atoms with Crippen LogP contribution in [-0.4, -0.2) is 24.4 Å². The molecule has 0 atom stereocenters. The van der Waals surface area contributed by atoms with Gasteiger partial charge >= 0.3 is 6.36 Å². The molecule has 0 amide bonds. The topological polar surface area (TPSA) is 52.0 Å². The minimum absolute atomic E-state index is 0.269. The van der Waals surface area contributed by atoms with E-state index in [4.69, 9.17) is 0 Å². The van der Waals surface area contributed by atoms with Crippen LogP contribution in [0.5, 0.6) is 5.75 Å². The van der Waals surface area contributed by atoms with Crippen molar-refractivity contribution in [3.05, 3.63) is 35.9 Å². The number of hydrogen-bond acceptors (Lipinski definition) is 3. The number of aromatic nitrogens is 1. The van der Waals surface area contributed by atoms with Crippen molar-refractivity contribution < 1.29 is 17.9 Å². The fourth-order valence-corrected chi connectivity index (χ4v) is 2.89. The van der Waals surface area contributed by atoms with Crippen LogP contribution in [0.4, 0.5) is 19.0 Å². The summed E-state index contributed by atoms with van der Waals surface area (Å²) in [6.07, 6.45) is -1.35. The Labute approximate surface area is 137 Å². The highest BCUT2D eigenvalue weighted by Gasteiger charge is 2.31. The van der Waals surface area contributed by atoms with Crippen molar-refractivity contribution in [2.75, 3.05) is 18.0 Å². The molecule has 0 saturated carbocycles. The van der Waals surface area contributed by atoms with E-state index in [9.17, 15) is 18.4 Å². The van der Waals surface area contributed by atoms with Crippen LogP contribution in [0, 0.1) is 11.3 Å². The number of piperidine rings is 1. The van der Waals surface area contributed by atoms with Crippen LogP contribution in [0.15, 0.2) is 30.3 Å². The Hall–Kier alpha value is -2.62. The zero-order valence-electron chi connectivity index (χ0n) is 12.9. The molecule has 2 aromatic rings. The molecule has 1 aliphatic heterocycles. The van der Waals surface area contributed by atoms with Gasteiger partial charge in [0.15, 0.2) is 0 Å². The summed E-state index contributed by atoms with van der Waals surface area (Å²) in [6, 6.07) is 9.50. The number of aromatic amines is 1. The zero-order chi connectivity index (χ0) is 17.2. The number of nitrogens with one attached hydrogen (secondary N) is 1. The number of nitriles is 1. The molecular weight excluding hydrogens is 319 g/mol. The number of rotatable bonds is 3. The third-order valence-corrected chi connectivity index (χ3v) is 3.99. The van der Waals surface area contributed by atoms with E-state index in [1.165, 1.54) is 30.7 Å². The second kappa shape index (κ2) is 6.48. The van der Waals surface area contributed by atoms with Gasteiger partial charge in [0.05, 0.1) is 5.56 Å². The Morgan fingerprint density at radius 1 is 1.08 bits per heavy atom. The van der Waals surface area contributed by atoms with Gasteiger partial charge in [0.25, 0.3) is 0 Å². The largest absolute Gasteiger partial charge is 0.573 e. The van der Waals surface area contributed by atoms with Gasteiger partial charge in [-0.15, -0.1) is 13.2 Å². The number of hydrogen-bond donors (Lipinski definition) is 1. The van der Waals surface area contributed by atoms with E-state index in [1.807, 2.05) is 0 Å². The molecule has 0 spiro atoms. The average Bonchev–Trinajstić information content (AvgIpc) is 2.99. The number of alkyl halides is 3. The predicted molar refractivity (Wildman–Crippen MR) is 83.7 cm³/mol. The highest BCUT2D eigenvalue weighted by Crippen LogP contribution is 2.31. The number of ether oxygens (including phenoxy) is 1. The second-order valence-electron chi connectivity index (χ2n) is 5.68. The first-order valence-corrected chi connectivity index (χ1v) is 7.70. The lowest BCUT2D eigenvalue weighted by molar-refractivity contribution is -0.274. The van der Waals surface area contributed by atoms with Crippen LogP contribution < -0.4 is 9.64 Å². The lowest BCUT2D eigenvalue weighted by Gasteiger charge is -2.27. The Kier molecular flexibility index (Phi) is 4.38. The molecular formula is C17H16F3N3O. The van der Waals surface area contributed by atoms with Crippen LogP contribution in [0.25, 0.3) is 11.3 Å².